The van der Waals surface area contributed by atoms with Crippen LogP contribution in [-0.4, -0.2) is 36.4 Å². The highest BCUT2D eigenvalue weighted by Gasteiger charge is 2.34. The quantitative estimate of drug-likeness (QED) is 0.584. The lowest BCUT2D eigenvalue weighted by Gasteiger charge is -2.35. The molecule has 1 rings (SSSR count). The number of aliphatic hydroxyl groups is 1. The largest absolute Gasteiger partial charge is 0.466 e. The number of hydrogen-bond donors (Lipinski definition) is 2. The van der Waals surface area contributed by atoms with Crippen LogP contribution in [-0.2, 0) is 20.9 Å². The minimum atomic E-state index is -1.00. The number of amides is 1. The highest BCUT2D eigenvalue weighted by molar-refractivity contribution is 5.87. The van der Waals surface area contributed by atoms with E-state index in [0.717, 1.165) is 5.56 Å². The summed E-state index contributed by atoms with van der Waals surface area (Å²) in [4.78, 5) is 23.6. The van der Waals surface area contributed by atoms with E-state index in [0.29, 0.717) is 0 Å². The van der Waals surface area contributed by atoms with Crippen LogP contribution in [0.2, 0.25) is 0 Å². The number of alkyl carbamates (subject to hydrolysis) is 1. The van der Waals surface area contributed by atoms with Gasteiger partial charge in [0.1, 0.15) is 6.61 Å². The second kappa shape index (κ2) is 9.22. The molecule has 0 saturated heterocycles. The number of carbonyl (C=O) groups is 2. The Morgan fingerprint density at radius 2 is 1.84 bits per heavy atom. The standard InChI is InChI=1S/C19H27NO5/c1-13(17(22)24-5)11-15(21)16(19(2,3)4)20-18(23)25-12-14-9-7-6-8-10-14/h6-10,15-16,21H,1,11-12H2,2-5H3,(H,20,23)/t15-,16+/m0/s1. The highest BCUT2D eigenvalue weighted by atomic mass is 16.5. The van der Waals surface area contributed by atoms with Gasteiger partial charge >= 0.3 is 12.1 Å². The Morgan fingerprint density at radius 1 is 1.24 bits per heavy atom. The van der Waals surface area contributed by atoms with Gasteiger partial charge in [-0.15, -0.1) is 0 Å². The Labute approximate surface area is 148 Å². The van der Waals surface area contributed by atoms with Gasteiger partial charge in [-0.1, -0.05) is 57.7 Å². The number of benzene rings is 1. The van der Waals surface area contributed by atoms with Crippen molar-refractivity contribution in [3.05, 3.63) is 48.0 Å². The molecule has 0 unspecified atom stereocenters. The number of hydrogen-bond acceptors (Lipinski definition) is 5. The summed E-state index contributed by atoms with van der Waals surface area (Å²) in [7, 11) is 1.25. The maximum atomic E-state index is 12.1. The number of nitrogens with one attached hydrogen (secondary N) is 1. The number of esters is 1. The van der Waals surface area contributed by atoms with Crippen molar-refractivity contribution in [2.45, 2.75) is 45.9 Å². The van der Waals surface area contributed by atoms with E-state index in [9.17, 15) is 14.7 Å². The van der Waals surface area contributed by atoms with Crippen LogP contribution in [0.4, 0.5) is 4.79 Å². The predicted octanol–water partition coefficient (Wildman–Crippen LogP) is 2.81. The van der Waals surface area contributed by atoms with Crippen LogP contribution in [0, 0.1) is 5.41 Å². The number of methoxy groups -OCH3 is 1. The Kier molecular flexibility index (Phi) is 7.64. The SMILES string of the molecule is C=C(C[C@H](O)[C@@H](NC(=O)OCc1ccccc1)C(C)(C)C)C(=O)OC. The van der Waals surface area contributed by atoms with Crippen molar-refractivity contribution < 1.29 is 24.2 Å². The Balaban J connectivity index is 2.67. The second-order valence-electron chi connectivity index (χ2n) is 6.92. The van der Waals surface area contributed by atoms with E-state index >= 15 is 0 Å². The molecule has 1 amide bonds. The van der Waals surface area contributed by atoms with Crippen molar-refractivity contribution >= 4 is 12.1 Å². The van der Waals surface area contributed by atoms with Gasteiger partial charge in [-0.3, -0.25) is 0 Å². The molecule has 138 valence electrons. The van der Waals surface area contributed by atoms with Crippen LogP contribution in [0.5, 0.6) is 0 Å². The second-order valence-corrected chi connectivity index (χ2v) is 6.92. The van der Waals surface area contributed by atoms with E-state index in [4.69, 9.17) is 4.74 Å². The van der Waals surface area contributed by atoms with Crippen LogP contribution in [0.1, 0.15) is 32.8 Å². The van der Waals surface area contributed by atoms with Gasteiger partial charge in [0, 0.05) is 12.0 Å². The summed E-state index contributed by atoms with van der Waals surface area (Å²) >= 11 is 0. The maximum Gasteiger partial charge on any atom is 0.407 e. The van der Waals surface area contributed by atoms with E-state index in [-0.39, 0.29) is 18.6 Å². The molecule has 1 aromatic rings. The van der Waals surface area contributed by atoms with Crippen LogP contribution >= 0.6 is 0 Å². The zero-order chi connectivity index (χ0) is 19.0. The third kappa shape index (κ3) is 6.97. The molecule has 0 spiro atoms. The van der Waals surface area contributed by atoms with E-state index < -0.39 is 29.6 Å². The zero-order valence-corrected chi connectivity index (χ0v) is 15.2. The molecule has 25 heavy (non-hydrogen) atoms. The zero-order valence-electron chi connectivity index (χ0n) is 15.2. The summed E-state index contributed by atoms with van der Waals surface area (Å²) in [5, 5.41) is 13.1. The van der Waals surface area contributed by atoms with Crippen molar-refractivity contribution in [1.29, 1.82) is 0 Å². The Hall–Kier alpha value is -2.34. The summed E-state index contributed by atoms with van der Waals surface area (Å²) in [5.41, 5.74) is 0.551. The molecule has 0 aliphatic heterocycles. The Bertz CT molecular complexity index is 592. The molecular formula is C19H27NO5. The minimum Gasteiger partial charge on any atom is -0.466 e. The van der Waals surface area contributed by atoms with Crippen LogP contribution in [0.15, 0.2) is 42.5 Å². The molecule has 2 N–H and O–H groups in total. The molecule has 0 radical (unpaired) electrons. The van der Waals surface area contributed by atoms with Crippen LogP contribution in [0.25, 0.3) is 0 Å². The molecule has 0 bridgehead atoms. The number of rotatable bonds is 7. The molecule has 0 aliphatic carbocycles. The first-order chi connectivity index (χ1) is 11.6. The average molecular weight is 349 g/mol. The lowest BCUT2D eigenvalue weighted by atomic mass is 9.81. The third-order valence-corrected chi connectivity index (χ3v) is 3.73. The van der Waals surface area contributed by atoms with Gasteiger partial charge in [0.25, 0.3) is 0 Å². The van der Waals surface area contributed by atoms with Gasteiger partial charge < -0.3 is 19.9 Å². The van der Waals surface area contributed by atoms with E-state index in [1.54, 1.807) is 0 Å². The fourth-order valence-corrected chi connectivity index (χ4v) is 2.38. The maximum absolute atomic E-state index is 12.1. The lowest BCUT2D eigenvalue weighted by molar-refractivity contribution is -0.136. The molecular weight excluding hydrogens is 322 g/mol. The van der Waals surface area contributed by atoms with E-state index in [1.807, 2.05) is 51.1 Å². The number of aliphatic hydroxyl groups excluding tert-OH is 1. The van der Waals surface area contributed by atoms with Gasteiger partial charge in [-0.05, 0) is 11.0 Å². The first kappa shape index (κ1) is 20.7. The van der Waals surface area contributed by atoms with Crippen molar-refractivity contribution in [1.82, 2.24) is 5.32 Å². The smallest absolute Gasteiger partial charge is 0.407 e. The fourth-order valence-electron chi connectivity index (χ4n) is 2.38. The first-order valence-corrected chi connectivity index (χ1v) is 8.06. The molecule has 0 aromatic heterocycles. The molecule has 6 nitrogen and oxygen atoms in total. The van der Waals surface area contributed by atoms with Gasteiger partial charge in [0.05, 0.1) is 19.3 Å². The van der Waals surface area contributed by atoms with Gasteiger partial charge in [0.2, 0.25) is 0 Å². The summed E-state index contributed by atoms with van der Waals surface area (Å²) in [6.07, 6.45) is -1.64. The topological polar surface area (TPSA) is 84.9 Å². The fraction of sp³-hybridized carbons (Fsp3) is 0.474. The number of carbonyl (C=O) groups excluding carboxylic acids is 2. The molecule has 0 saturated carbocycles. The molecule has 0 fully saturated rings. The normalized spacial score (nSPS) is 13.5. The van der Waals surface area contributed by atoms with Crippen LogP contribution < -0.4 is 5.32 Å². The van der Waals surface area contributed by atoms with Gasteiger partial charge in [-0.25, -0.2) is 9.59 Å². The van der Waals surface area contributed by atoms with Gasteiger partial charge in [0.15, 0.2) is 0 Å². The number of ether oxygens (including phenoxy) is 2. The van der Waals surface area contributed by atoms with Crippen molar-refractivity contribution in [2.24, 2.45) is 5.41 Å². The van der Waals surface area contributed by atoms with E-state index in [1.165, 1.54) is 7.11 Å². The first-order valence-electron chi connectivity index (χ1n) is 8.06. The molecule has 2 atom stereocenters. The molecule has 0 aliphatic rings. The highest BCUT2D eigenvalue weighted by Crippen LogP contribution is 2.25. The average Bonchev–Trinajstić information content (AvgIpc) is 2.56. The summed E-state index contributed by atoms with van der Waals surface area (Å²) in [6.45, 7) is 9.36. The van der Waals surface area contributed by atoms with E-state index in [2.05, 4.69) is 16.6 Å². The van der Waals surface area contributed by atoms with Gasteiger partial charge in [-0.2, -0.15) is 0 Å². The molecule has 0 heterocycles. The molecule has 1 aromatic carbocycles. The third-order valence-electron chi connectivity index (χ3n) is 3.73. The minimum absolute atomic E-state index is 0.00637. The summed E-state index contributed by atoms with van der Waals surface area (Å²) < 4.78 is 9.79. The predicted molar refractivity (Wildman–Crippen MR) is 94.8 cm³/mol. The van der Waals surface area contributed by atoms with Crippen molar-refractivity contribution in [3.63, 3.8) is 0 Å². The lowest BCUT2D eigenvalue weighted by Crippen LogP contribution is -2.51. The summed E-state index contributed by atoms with van der Waals surface area (Å²) in [5.74, 6) is -0.585. The van der Waals surface area contributed by atoms with Crippen LogP contribution in [0.3, 0.4) is 0 Å². The van der Waals surface area contributed by atoms with Crippen molar-refractivity contribution in [3.8, 4) is 0 Å². The summed E-state index contributed by atoms with van der Waals surface area (Å²) in [6, 6.07) is 8.67. The Morgan fingerprint density at radius 3 is 2.36 bits per heavy atom. The molecule has 6 heteroatoms. The van der Waals surface area contributed by atoms with Crippen molar-refractivity contribution in [2.75, 3.05) is 7.11 Å². The monoisotopic (exact) mass is 349 g/mol.